The van der Waals surface area contributed by atoms with E-state index in [1.54, 1.807) is 0 Å². The van der Waals surface area contributed by atoms with Gasteiger partial charge in [0.15, 0.2) is 0 Å². The van der Waals surface area contributed by atoms with Gasteiger partial charge in [-0.2, -0.15) is 0 Å². The summed E-state index contributed by atoms with van der Waals surface area (Å²) in [6, 6.07) is 14.9. The largest absolute Gasteiger partial charge is 0.481 e. The number of rotatable bonds is 14. The van der Waals surface area contributed by atoms with Crippen molar-refractivity contribution in [1.82, 2.24) is 0 Å². The number of unbranched alkanes of at least 4 members (excludes halogenated alkanes) is 2. The highest BCUT2D eigenvalue weighted by Gasteiger charge is 2.11. The number of carbonyl (C=O) groups excluding carboxylic acids is 2. The summed E-state index contributed by atoms with van der Waals surface area (Å²) in [5, 5.41) is 11.8. The Kier molecular flexibility index (Phi) is 11.5. The Morgan fingerprint density at radius 3 is 2.45 bits per heavy atom. The summed E-state index contributed by atoms with van der Waals surface area (Å²) < 4.78 is 5.45. The minimum atomic E-state index is -0.908. The number of amides is 1. The molecule has 0 heterocycles. The van der Waals surface area contributed by atoms with Crippen molar-refractivity contribution in [2.45, 2.75) is 38.7 Å². The summed E-state index contributed by atoms with van der Waals surface area (Å²) in [6.45, 7) is 0.339. The highest BCUT2D eigenvalue weighted by atomic mass is 32.2. The minimum absolute atomic E-state index is 0.0628. The van der Waals surface area contributed by atoms with E-state index in [0.29, 0.717) is 17.7 Å². The van der Waals surface area contributed by atoms with E-state index in [-0.39, 0.29) is 30.7 Å². The molecule has 2 rings (SSSR count). The number of hydrogen-bond acceptors (Lipinski definition) is 6. The van der Waals surface area contributed by atoms with Crippen LogP contribution in [0.4, 0.5) is 11.4 Å². The normalized spacial score (nSPS) is 10.6. The topological polar surface area (TPSA) is 95.9 Å². The maximum Gasteiger partial charge on any atom is 0.305 e. The summed E-state index contributed by atoms with van der Waals surface area (Å²) in [5.74, 6) is -0.252. The zero-order valence-corrected chi connectivity index (χ0v) is 20.0. The fraction of sp³-hybridized carbons (Fsp3) is 0.400. The third-order valence-electron chi connectivity index (χ3n) is 4.89. The van der Waals surface area contributed by atoms with Gasteiger partial charge in [0.05, 0.1) is 19.6 Å². The predicted molar refractivity (Wildman–Crippen MR) is 133 cm³/mol. The second kappa shape index (κ2) is 14.3. The smallest absolute Gasteiger partial charge is 0.305 e. The third-order valence-corrected chi connectivity index (χ3v) is 5.88. The van der Waals surface area contributed by atoms with Crippen LogP contribution in [0, 0.1) is 0 Å². The van der Waals surface area contributed by atoms with E-state index in [1.165, 1.54) is 11.8 Å². The summed E-state index contributed by atoms with van der Waals surface area (Å²) in [7, 11) is 3.84. The molecule has 0 radical (unpaired) electrons. The molecule has 0 saturated heterocycles. The van der Waals surface area contributed by atoms with E-state index in [9.17, 15) is 14.4 Å². The van der Waals surface area contributed by atoms with Crippen LogP contribution >= 0.6 is 11.8 Å². The third kappa shape index (κ3) is 10.1. The number of carboxylic acid groups (broad SMARTS) is 1. The van der Waals surface area contributed by atoms with E-state index in [2.05, 4.69) is 5.32 Å². The van der Waals surface area contributed by atoms with Gasteiger partial charge >= 0.3 is 5.97 Å². The molecule has 178 valence electrons. The number of nitrogens with zero attached hydrogens (tertiary/aromatic N) is 1. The molecule has 7 nitrogen and oxygen atoms in total. The van der Waals surface area contributed by atoms with Crippen molar-refractivity contribution >= 4 is 40.1 Å². The molecule has 0 aliphatic heterocycles. The molecular formula is C25H32N2O5S. The molecule has 0 atom stereocenters. The number of hydrogen-bond donors (Lipinski definition) is 2. The van der Waals surface area contributed by atoms with Crippen LogP contribution < -0.4 is 10.2 Å². The zero-order chi connectivity index (χ0) is 24.1. The molecule has 1 amide bonds. The first-order chi connectivity index (χ1) is 15.9. The van der Waals surface area contributed by atoms with E-state index >= 15 is 0 Å². The molecule has 2 aromatic carbocycles. The zero-order valence-electron chi connectivity index (χ0n) is 19.2. The van der Waals surface area contributed by atoms with Crippen molar-refractivity contribution < 1.29 is 24.2 Å². The predicted octanol–water partition coefficient (Wildman–Crippen LogP) is 4.82. The van der Waals surface area contributed by atoms with Gasteiger partial charge < -0.3 is 20.1 Å². The van der Waals surface area contributed by atoms with Crippen molar-refractivity contribution in [2.75, 3.05) is 36.7 Å². The van der Waals surface area contributed by atoms with Crippen LogP contribution in [-0.2, 0) is 20.9 Å². The fourth-order valence-corrected chi connectivity index (χ4v) is 3.86. The standard InChI is InChI=1S/C25H32N2O5S/c1-27(2)21-13-12-20(18-32-15-14-24(29)30)22(17-21)26-23(28)11-7-4-8-16-33-25(31)19-9-5-3-6-10-19/h3,5-6,9-10,12-13,17H,4,7-8,11,14-16,18H2,1-2H3,(H,26,28)(H,29,30). The number of carbonyl (C=O) groups is 3. The first-order valence-electron chi connectivity index (χ1n) is 11.0. The van der Waals surface area contributed by atoms with Crippen molar-refractivity contribution in [3.05, 3.63) is 59.7 Å². The van der Waals surface area contributed by atoms with Crippen molar-refractivity contribution in [3.8, 4) is 0 Å². The van der Waals surface area contributed by atoms with Gasteiger partial charge in [-0.3, -0.25) is 14.4 Å². The van der Waals surface area contributed by atoms with Crippen LogP contribution in [0.15, 0.2) is 48.5 Å². The van der Waals surface area contributed by atoms with Gasteiger partial charge in [-0.25, -0.2) is 0 Å². The molecule has 33 heavy (non-hydrogen) atoms. The molecule has 0 spiro atoms. The number of thioether (sulfide) groups is 1. The lowest BCUT2D eigenvalue weighted by Gasteiger charge is -2.17. The molecule has 0 unspecified atom stereocenters. The molecule has 0 fully saturated rings. The highest BCUT2D eigenvalue weighted by Crippen LogP contribution is 2.24. The molecule has 0 aliphatic rings. The number of nitrogens with one attached hydrogen (secondary N) is 1. The number of carboxylic acids is 1. The molecule has 0 bridgehead atoms. The van der Waals surface area contributed by atoms with Crippen LogP contribution in [-0.4, -0.2) is 48.6 Å². The maximum absolute atomic E-state index is 12.5. The summed E-state index contributed by atoms with van der Waals surface area (Å²) in [5.41, 5.74) is 3.13. The van der Waals surface area contributed by atoms with Gasteiger partial charge in [0, 0.05) is 48.8 Å². The van der Waals surface area contributed by atoms with Gasteiger partial charge in [-0.05, 0) is 25.0 Å². The Morgan fingerprint density at radius 1 is 1.00 bits per heavy atom. The van der Waals surface area contributed by atoms with Gasteiger partial charge in [0.1, 0.15) is 0 Å². The Hall–Kier alpha value is -2.84. The van der Waals surface area contributed by atoms with Crippen molar-refractivity contribution in [1.29, 1.82) is 0 Å². The lowest BCUT2D eigenvalue weighted by Crippen LogP contribution is -2.15. The van der Waals surface area contributed by atoms with E-state index in [1.807, 2.05) is 67.5 Å². The van der Waals surface area contributed by atoms with Gasteiger partial charge in [-0.15, -0.1) is 0 Å². The first-order valence-corrected chi connectivity index (χ1v) is 12.0. The van der Waals surface area contributed by atoms with Crippen LogP contribution in [0.25, 0.3) is 0 Å². The molecule has 0 aromatic heterocycles. The van der Waals surface area contributed by atoms with Gasteiger partial charge in [0.2, 0.25) is 11.0 Å². The Bertz CT molecular complexity index is 918. The average molecular weight is 473 g/mol. The summed E-state index contributed by atoms with van der Waals surface area (Å²) in [6.07, 6.45) is 2.81. The van der Waals surface area contributed by atoms with Gasteiger partial charge in [-0.1, -0.05) is 54.6 Å². The van der Waals surface area contributed by atoms with Crippen LogP contribution in [0.2, 0.25) is 0 Å². The quantitative estimate of drug-likeness (QED) is 0.381. The molecule has 2 N–H and O–H groups in total. The average Bonchev–Trinajstić information content (AvgIpc) is 2.79. The summed E-state index contributed by atoms with van der Waals surface area (Å²) in [4.78, 5) is 37.2. The molecule has 0 saturated carbocycles. The second-order valence-corrected chi connectivity index (χ2v) is 8.86. The van der Waals surface area contributed by atoms with E-state index in [4.69, 9.17) is 9.84 Å². The second-order valence-electron chi connectivity index (χ2n) is 7.79. The maximum atomic E-state index is 12.5. The SMILES string of the molecule is CN(C)c1ccc(COCCC(=O)O)c(NC(=O)CCCCCSC(=O)c2ccccc2)c1. The van der Waals surface area contributed by atoms with Crippen LogP contribution in [0.1, 0.15) is 48.0 Å². The molecule has 2 aromatic rings. The monoisotopic (exact) mass is 472 g/mol. The van der Waals surface area contributed by atoms with Crippen LogP contribution in [0.5, 0.6) is 0 Å². The lowest BCUT2D eigenvalue weighted by atomic mass is 10.1. The van der Waals surface area contributed by atoms with E-state index in [0.717, 1.165) is 36.3 Å². The minimum Gasteiger partial charge on any atom is -0.481 e. The molecular weight excluding hydrogens is 440 g/mol. The van der Waals surface area contributed by atoms with Gasteiger partial charge in [0.25, 0.3) is 0 Å². The fourth-order valence-electron chi connectivity index (χ4n) is 3.03. The summed E-state index contributed by atoms with van der Waals surface area (Å²) >= 11 is 1.31. The van der Waals surface area contributed by atoms with Crippen LogP contribution in [0.3, 0.4) is 0 Å². The Balaban J connectivity index is 1.76. The molecule has 0 aliphatic carbocycles. The Labute approximate surface area is 199 Å². The number of benzene rings is 2. The van der Waals surface area contributed by atoms with Crippen molar-refractivity contribution in [2.24, 2.45) is 0 Å². The first kappa shape index (κ1) is 26.4. The molecule has 8 heteroatoms. The number of anilines is 2. The Morgan fingerprint density at radius 2 is 1.76 bits per heavy atom. The van der Waals surface area contributed by atoms with E-state index < -0.39 is 5.97 Å². The highest BCUT2D eigenvalue weighted by molar-refractivity contribution is 8.14. The number of ether oxygens (including phenoxy) is 1. The number of aliphatic carboxylic acids is 1. The lowest BCUT2D eigenvalue weighted by molar-refractivity contribution is -0.138. The van der Waals surface area contributed by atoms with Crippen molar-refractivity contribution in [3.63, 3.8) is 0 Å².